The van der Waals surface area contributed by atoms with E-state index < -0.39 is 18.3 Å². The zero-order valence-electron chi connectivity index (χ0n) is 20.3. The van der Waals surface area contributed by atoms with Crippen LogP contribution in [0.1, 0.15) is 57.8 Å². The number of aliphatic imine (C=N–C) groups is 1. The highest BCUT2D eigenvalue weighted by Crippen LogP contribution is 2.40. The smallest absolute Gasteiger partial charge is 0.151 e. The van der Waals surface area contributed by atoms with Crippen molar-refractivity contribution in [3.63, 3.8) is 0 Å². The molecule has 1 saturated carbocycles. The Morgan fingerprint density at radius 1 is 1.11 bits per heavy atom. The molecule has 5 aliphatic rings. The number of aliphatic hydroxyl groups is 2. The minimum Gasteiger partial charge on any atom is -0.368 e. The predicted octanol–water partition coefficient (Wildman–Crippen LogP) is 5.18. The van der Waals surface area contributed by atoms with E-state index in [1.54, 1.807) is 18.2 Å². The van der Waals surface area contributed by atoms with Gasteiger partial charge < -0.3 is 15.5 Å². The third-order valence-corrected chi connectivity index (χ3v) is 8.14. The molecule has 1 fully saturated rings. The van der Waals surface area contributed by atoms with E-state index in [4.69, 9.17) is 5.26 Å². The first-order valence-electron chi connectivity index (χ1n) is 13.0. The Labute approximate surface area is 211 Å². The molecule has 36 heavy (non-hydrogen) atoms. The Kier molecular flexibility index (Phi) is 7.36. The monoisotopic (exact) mass is 493 g/mol. The van der Waals surface area contributed by atoms with Gasteiger partial charge in [0.2, 0.25) is 0 Å². The van der Waals surface area contributed by atoms with Crippen LogP contribution in [0.2, 0.25) is 0 Å². The van der Waals surface area contributed by atoms with Gasteiger partial charge in [0.25, 0.3) is 0 Å². The highest BCUT2D eigenvalue weighted by molar-refractivity contribution is 6.02. The maximum atomic E-state index is 15.1. The number of amidine groups is 1. The SMILES string of the molecule is N#CC1=CC2NC(C3=C(F)CC(CC4=CC=C(C5CCC(CC(O)O)CC5)CC4)=CC3F)=NC2C=C1. The average molecular weight is 494 g/mol. The number of hydrogen-bond donors (Lipinski definition) is 3. The van der Waals surface area contributed by atoms with Crippen LogP contribution in [0, 0.1) is 23.2 Å². The molecule has 0 spiro atoms. The number of aliphatic hydroxyl groups excluding tert-OH is 1. The number of fused-ring (bicyclic) bond motifs is 1. The quantitative estimate of drug-likeness (QED) is 0.351. The molecule has 7 heteroatoms. The third kappa shape index (κ3) is 5.45. The van der Waals surface area contributed by atoms with E-state index in [0.717, 1.165) is 44.1 Å². The number of nitrogens with one attached hydrogen (secondary N) is 1. The van der Waals surface area contributed by atoms with Crippen LogP contribution in [0.25, 0.3) is 0 Å². The molecule has 4 aliphatic carbocycles. The Balaban J connectivity index is 1.18. The van der Waals surface area contributed by atoms with Gasteiger partial charge in [-0.25, -0.2) is 8.78 Å². The van der Waals surface area contributed by atoms with Crippen molar-refractivity contribution in [3.8, 4) is 6.07 Å². The standard InChI is InChI=1S/C29H33F2N3O2/c30-23-12-20(13-24(31)28(23)29-33-25-10-5-19(16-32)14-26(25)34-29)11-17-1-6-21(7-2-17)22-8-3-18(4-9-22)15-27(35)36/h1,5-6,10,12,14,18,22-23,25-27,35-36H,2-4,7-9,11,13,15H2,(H,33,34). The van der Waals surface area contributed by atoms with Crippen molar-refractivity contribution in [2.24, 2.45) is 16.8 Å². The maximum absolute atomic E-state index is 15.1. The highest BCUT2D eigenvalue weighted by Gasteiger charge is 2.35. The fourth-order valence-electron chi connectivity index (χ4n) is 6.20. The van der Waals surface area contributed by atoms with E-state index in [1.807, 2.05) is 0 Å². The zero-order valence-corrected chi connectivity index (χ0v) is 20.3. The van der Waals surface area contributed by atoms with Crippen LogP contribution >= 0.6 is 0 Å². The average Bonchev–Trinajstić information content (AvgIpc) is 3.27. The lowest BCUT2D eigenvalue weighted by Gasteiger charge is -2.31. The van der Waals surface area contributed by atoms with Crippen LogP contribution in [0.4, 0.5) is 8.78 Å². The fraction of sp³-hybridized carbons (Fsp3) is 0.517. The lowest BCUT2D eigenvalue weighted by atomic mass is 9.75. The second kappa shape index (κ2) is 10.7. The third-order valence-electron chi connectivity index (χ3n) is 8.14. The molecular weight excluding hydrogens is 460 g/mol. The van der Waals surface area contributed by atoms with Crippen molar-refractivity contribution in [1.82, 2.24) is 5.32 Å². The minimum absolute atomic E-state index is 0.0161. The first-order chi connectivity index (χ1) is 17.4. The van der Waals surface area contributed by atoms with Crippen LogP contribution in [0.5, 0.6) is 0 Å². The van der Waals surface area contributed by atoms with Gasteiger partial charge in [0, 0.05) is 18.4 Å². The maximum Gasteiger partial charge on any atom is 0.151 e. The summed E-state index contributed by atoms with van der Waals surface area (Å²) in [5, 5.41) is 30.6. The minimum atomic E-state index is -1.55. The molecule has 190 valence electrons. The van der Waals surface area contributed by atoms with Crippen LogP contribution in [-0.2, 0) is 0 Å². The molecule has 0 bridgehead atoms. The second-order valence-corrected chi connectivity index (χ2v) is 10.6. The van der Waals surface area contributed by atoms with Crippen LogP contribution in [-0.4, -0.2) is 40.6 Å². The number of nitrogens with zero attached hydrogens (tertiary/aromatic N) is 2. The number of alkyl halides is 1. The topological polar surface area (TPSA) is 88.6 Å². The summed E-state index contributed by atoms with van der Waals surface area (Å²) in [6.45, 7) is 0. The first-order valence-corrected chi connectivity index (χ1v) is 13.0. The number of halogens is 2. The molecule has 0 aromatic rings. The van der Waals surface area contributed by atoms with E-state index in [0.29, 0.717) is 30.3 Å². The number of hydrogen-bond acceptors (Lipinski definition) is 5. The summed E-state index contributed by atoms with van der Waals surface area (Å²) in [5.41, 5.74) is 3.91. The summed E-state index contributed by atoms with van der Waals surface area (Å²) >= 11 is 0. The molecule has 0 aromatic heterocycles. The lowest BCUT2D eigenvalue weighted by Crippen LogP contribution is -2.36. The summed E-state index contributed by atoms with van der Waals surface area (Å²) < 4.78 is 30.3. The van der Waals surface area contributed by atoms with Gasteiger partial charge in [-0.15, -0.1) is 0 Å². The van der Waals surface area contributed by atoms with Crippen LogP contribution in [0.3, 0.4) is 0 Å². The number of nitriles is 1. The molecule has 3 atom stereocenters. The summed E-state index contributed by atoms with van der Waals surface area (Å²) in [5.74, 6) is 0.724. The lowest BCUT2D eigenvalue weighted by molar-refractivity contribution is -0.0596. The van der Waals surface area contributed by atoms with Crippen LogP contribution < -0.4 is 5.32 Å². The zero-order chi connectivity index (χ0) is 25.2. The van der Waals surface area contributed by atoms with Gasteiger partial charge in [-0.05, 0) is 75.0 Å². The summed E-state index contributed by atoms with van der Waals surface area (Å²) in [6, 6.07) is 1.59. The van der Waals surface area contributed by atoms with Crippen molar-refractivity contribution in [1.29, 1.82) is 5.26 Å². The van der Waals surface area contributed by atoms with Crippen LogP contribution in [0.15, 0.2) is 75.1 Å². The first kappa shape index (κ1) is 24.9. The fourth-order valence-corrected chi connectivity index (χ4v) is 6.20. The highest BCUT2D eigenvalue weighted by atomic mass is 19.1. The number of allylic oxidation sites excluding steroid dienone is 9. The summed E-state index contributed by atoms with van der Waals surface area (Å²) in [7, 11) is 0. The molecule has 5 nitrogen and oxygen atoms in total. The van der Waals surface area contributed by atoms with Gasteiger partial charge in [-0.3, -0.25) is 4.99 Å². The molecular formula is C29H33F2N3O2. The van der Waals surface area contributed by atoms with Crippen molar-refractivity contribution in [2.75, 3.05) is 0 Å². The molecule has 3 unspecified atom stereocenters. The van der Waals surface area contributed by atoms with Gasteiger partial charge in [-0.2, -0.15) is 5.26 Å². The van der Waals surface area contributed by atoms with Crippen molar-refractivity contribution < 1.29 is 19.0 Å². The molecule has 0 saturated heterocycles. The van der Waals surface area contributed by atoms with E-state index in [2.05, 4.69) is 28.5 Å². The molecule has 1 heterocycles. The molecule has 0 aromatic carbocycles. The van der Waals surface area contributed by atoms with Gasteiger partial charge in [-0.1, -0.05) is 34.9 Å². The Morgan fingerprint density at radius 2 is 1.92 bits per heavy atom. The van der Waals surface area contributed by atoms with Gasteiger partial charge in [0.1, 0.15) is 17.8 Å². The molecule has 1 aliphatic heterocycles. The largest absolute Gasteiger partial charge is 0.368 e. The van der Waals surface area contributed by atoms with Crippen molar-refractivity contribution >= 4 is 5.84 Å². The normalized spacial score (nSPS) is 32.1. The summed E-state index contributed by atoms with van der Waals surface area (Å²) in [6.07, 6.45) is 15.6. The molecule has 5 rings (SSSR count). The Morgan fingerprint density at radius 3 is 2.58 bits per heavy atom. The molecule has 0 amide bonds. The van der Waals surface area contributed by atoms with Crippen molar-refractivity contribution in [2.45, 2.75) is 82.3 Å². The Bertz CT molecular complexity index is 1140. The Hall–Kier alpha value is -2.82. The predicted molar refractivity (Wildman–Crippen MR) is 135 cm³/mol. The van der Waals surface area contributed by atoms with E-state index in [1.165, 1.54) is 17.2 Å². The van der Waals surface area contributed by atoms with E-state index >= 15 is 8.78 Å². The van der Waals surface area contributed by atoms with E-state index in [-0.39, 0.29) is 29.9 Å². The number of rotatable bonds is 6. The van der Waals surface area contributed by atoms with E-state index in [9.17, 15) is 10.2 Å². The van der Waals surface area contributed by atoms with Gasteiger partial charge in [0.05, 0.1) is 23.7 Å². The van der Waals surface area contributed by atoms with Crippen molar-refractivity contribution in [3.05, 3.63) is 70.1 Å². The second-order valence-electron chi connectivity index (χ2n) is 10.6. The van der Waals surface area contributed by atoms with Gasteiger partial charge in [0.15, 0.2) is 6.29 Å². The molecule has 3 N–H and O–H groups in total. The molecule has 0 radical (unpaired) electrons. The van der Waals surface area contributed by atoms with Gasteiger partial charge >= 0.3 is 0 Å². The summed E-state index contributed by atoms with van der Waals surface area (Å²) in [4.78, 5) is 4.47.